The third kappa shape index (κ3) is 11.0. The molecule has 0 radical (unpaired) electrons. The second-order valence-electron chi connectivity index (χ2n) is 36.6. The number of nitrogens with zero attached hydrogens (tertiary/aromatic N) is 23. The van der Waals surface area contributed by atoms with E-state index in [2.05, 4.69) is 240 Å². The van der Waals surface area contributed by atoms with E-state index < -0.39 is 0 Å². The van der Waals surface area contributed by atoms with Crippen LogP contribution in [0.15, 0.2) is 361 Å². The zero-order chi connectivity index (χ0) is 95.0. The summed E-state index contributed by atoms with van der Waals surface area (Å²) in [6, 6.07) is 103. The van der Waals surface area contributed by atoms with Gasteiger partial charge in [-0.15, -0.1) is 0 Å². The number of furan rings is 6. The summed E-state index contributed by atoms with van der Waals surface area (Å²) in [7, 11) is 12.3. The molecule has 0 unspecified atom stereocenters. The first-order valence-electron chi connectivity index (χ1n) is 47.2. The lowest BCUT2D eigenvalue weighted by molar-refractivity contribution is 0.654. The molecular weight excluding hydrogens is 1800 g/mol. The molecule has 0 N–H and O–H groups in total. The van der Waals surface area contributed by atoms with Crippen LogP contribution >= 0.6 is 0 Å². The molecule has 23 heterocycles. The number of aryl methyl sites for hydroxylation is 6. The maximum atomic E-state index is 6.13. The Hall–Kier alpha value is -20.0. The highest BCUT2D eigenvalue weighted by Gasteiger charge is 2.28. The van der Waals surface area contributed by atoms with E-state index in [1.807, 2.05) is 184 Å². The Kier molecular flexibility index (Phi) is 16.1. The van der Waals surface area contributed by atoms with Crippen molar-refractivity contribution in [2.45, 2.75) is 0 Å². The molecule has 0 bridgehead atoms. The average Bonchev–Trinajstić information content (AvgIpc) is 1.56. The number of benzene rings is 13. The summed E-state index contributed by atoms with van der Waals surface area (Å²) in [5.74, 6) is 5.55. The lowest BCUT2D eigenvalue weighted by atomic mass is 10.1. The van der Waals surface area contributed by atoms with Crippen LogP contribution in [0.5, 0.6) is 0 Å². The average molecular weight is 1870 g/mol. The zero-order valence-corrected chi connectivity index (χ0v) is 77.5. The number of hydrogen-bond donors (Lipinski definition) is 0. The van der Waals surface area contributed by atoms with Gasteiger partial charge in [-0.05, 0) is 200 Å². The maximum Gasteiger partial charge on any atom is 0.227 e. The molecule has 684 valence electrons. The second kappa shape index (κ2) is 29.3. The molecule has 36 rings (SSSR count). The summed E-state index contributed by atoms with van der Waals surface area (Å²) in [5.41, 5.74) is 35.3. The quantitative estimate of drug-likeness (QED) is 0.136. The van der Waals surface area contributed by atoms with Crippen molar-refractivity contribution in [1.82, 2.24) is 109 Å². The Balaban J connectivity index is 0.0000000788. The molecule has 144 heavy (non-hydrogen) atoms. The third-order valence-corrected chi connectivity index (χ3v) is 28.9. The Labute approximate surface area is 806 Å². The van der Waals surface area contributed by atoms with Crippen LogP contribution in [0, 0.1) is 0 Å². The Morgan fingerprint density at radius 1 is 0.174 bits per heavy atom. The molecule has 36 aromatic rings. The van der Waals surface area contributed by atoms with Crippen LogP contribution in [0.25, 0.3) is 299 Å². The van der Waals surface area contributed by atoms with Gasteiger partial charge < -0.3 is 53.9 Å². The van der Waals surface area contributed by atoms with E-state index in [-0.39, 0.29) is 0 Å². The Bertz CT molecular complexity index is 11800. The highest BCUT2D eigenvalue weighted by molar-refractivity contribution is 6.22. The molecule has 0 aliphatic heterocycles. The minimum atomic E-state index is 0.668. The van der Waals surface area contributed by atoms with Gasteiger partial charge in [-0.2, -0.15) is 0 Å². The monoisotopic (exact) mass is 1870 g/mol. The lowest BCUT2D eigenvalue weighted by Gasteiger charge is -1.98. The molecule has 0 aliphatic carbocycles. The van der Waals surface area contributed by atoms with Crippen LogP contribution in [-0.2, 0) is 42.3 Å². The van der Waals surface area contributed by atoms with Crippen LogP contribution < -0.4 is 0 Å². The summed E-state index contributed by atoms with van der Waals surface area (Å²) >= 11 is 0. The van der Waals surface area contributed by atoms with Crippen LogP contribution in [0.1, 0.15) is 0 Å². The summed E-state index contributed by atoms with van der Waals surface area (Å²) in [6.07, 6.45) is 8.79. The van der Waals surface area contributed by atoms with E-state index in [0.29, 0.717) is 28.6 Å². The van der Waals surface area contributed by atoms with Crippen molar-refractivity contribution in [1.29, 1.82) is 0 Å². The Morgan fingerprint density at radius 2 is 0.472 bits per heavy atom. The van der Waals surface area contributed by atoms with Gasteiger partial charge >= 0.3 is 0 Å². The Morgan fingerprint density at radius 3 is 0.972 bits per heavy atom. The van der Waals surface area contributed by atoms with E-state index in [1.54, 1.807) is 31.0 Å². The molecule has 23 aromatic heterocycles. The molecule has 13 aromatic carbocycles. The predicted octanol–water partition coefficient (Wildman–Crippen LogP) is 26.2. The minimum Gasteiger partial charge on any atom is -0.456 e. The largest absolute Gasteiger partial charge is 0.456 e. The number of hydrogen-bond acceptors (Lipinski definition) is 17. The van der Waals surface area contributed by atoms with E-state index in [4.69, 9.17) is 56.4 Å². The second-order valence-corrected chi connectivity index (χ2v) is 36.6. The van der Waals surface area contributed by atoms with Gasteiger partial charge in [0.05, 0.1) is 143 Å². The van der Waals surface area contributed by atoms with Gasteiger partial charge in [-0.1, -0.05) is 91.0 Å². The summed E-state index contributed by atoms with van der Waals surface area (Å²) < 4.78 is 62.0. The summed E-state index contributed by atoms with van der Waals surface area (Å²) in [6.45, 7) is 0. The fourth-order valence-corrected chi connectivity index (χ4v) is 22.4. The number of aromatic nitrogens is 23. The van der Waals surface area contributed by atoms with Gasteiger partial charge in [0.15, 0.2) is 11.2 Å². The van der Waals surface area contributed by atoms with Gasteiger partial charge in [-0.25, -0.2) is 54.8 Å². The van der Waals surface area contributed by atoms with Crippen molar-refractivity contribution in [3.8, 4) is 0 Å². The standard InChI is InChI=1S/C20H13N3O.5C19H12N4O/c1-22-16-11-19-13(12-6-2-5-9-18(12)24-19)10-17(16)23-15-8-4-3-7-14(15)21-20(22)23;1-22-16-15(23-14-7-3-2-6-13(14)21-19(22)23)9-8-11-12-5-4-10-20-18(12)24-17(11)16;1-22-15-9-8-11-12-5-4-10-20-18(12)24-17(11)16(15)23-14-7-3-2-6-13(14)21-19(22)23;1-22-17-14(23-13-7-3-2-6-12(13)21-19(22)23)8-9-15-16(17)11-5-4-10-20-18(11)24-15;1-22-14-8-9-15-16(11-5-4-10-20-18(11)24-15)17(14)23-13-7-3-2-6-12(13)21-19(22)23;1-22-15-9-12-11-5-4-8-20-18(11)24-17(12)10-16(15)23-14-7-3-2-6-13(14)21-19(22)23/h2-11H,1H3;5*2-10H,1H3. The smallest absolute Gasteiger partial charge is 0.227 e. The van der Waals surface area contributed by atoms with Crippen molar-refractivity contribution >= 4 is 299 Å². The molecule has 0 spiro atoms. The highest BCUT2D eigenvalue weighted by atomic mass is 16.4. The SMILES string of the molecule is Cn1c2c3c(ccc2n2c4ccccc4nc12)oc1ncccc13.Cn1c2c3oc4ncccc4c3ccc2n2c3ccccc3nc12.Cn1c2cc3c(cc2n2c4ccccc4nc12)oc1ncccc13.Cn1c2cc3oc4ccccc4c3cc2n2c3ccccc3nc12.Cn1c2ccc3c4cccnc4oc3c2n2c3ccccc3nc12.Cn1c2ccc3oc4ncccc4c3c2n2c3ccccc3nc12. The normalized spacial score (nSPS) is 12.4. The summed E-state index contributed by atoms with van der Waals surface area (Å²) in [4.78, 5) is 50.5. The van der Waals surface area contributed by atoms with Crippen LogP contribution in [0.2, 0.25) is 0 Å². The molecule has 0 atom stereocenters. The fourth-order valence-electron chi connectivity index (χ4n) is 22.4. The van der Waals surface area contributed by atoms with Gasteiger partial charge in [0, 0.05) is 128 Å². The molecular formula is C115H73N23O6. The highest BCUT2D eigenvalue weighted by Crippen LogP contribution is 2.44. The number of pyridine rings is 5. The predicted molar refractivity (Wildman–Crippen MR) is 568 cm³/mol. The molecule has 29 heteroatoms. The van der Waals surface area contributed by atoms with Crippen molar-refractivity contribution in [3.63, 3.8) is 0 Å². The van der Waals surface area contributed by atoms with Crippen molar-refractivity contribution < 1.29 is 26.5 Å². The van der Waals surface area contributed by atoms with Crippen LogP contribution in [-0.4, -0.2) is 109 Å². The summed E-state index contributed by atoms with van der Waals surface area (Å²) in [5, 5.41) is 12.9. The van der Waals surface area contributed by atoms with E-state index in [1.165, 1.54) is 0 Å². The third-order valence-electron chi connectivity index (χ3n) is 28.9. The fraction of sp³-hybridized carbons (Fsp3) is 0.0522. The van der Waals surface area contributed by atoms with Crippen LogP contribution in [0.4, 0.5) is 0 Å². The van der Waals surface area contributed by atoms with Crippen molar-refractivity contribution in [2.75, 3.05) is 0 Å². The zero-order valence-electron chi connectivity index (χ0n) is 77.5. The number of para-hydroxylation sites is 13. The topological polar surface area (TPSA) is 277 Å². The van der Waals surface area contributed by atoms with E-state index >= 15 is 0 Å². The van der Waals surface area contributed by atoms with E-state index in [0.717, 1.165) is 271 Å². The number of imidazole rings is 12. The first-order chi connectivity index (χ1) is 70.9. The van der Waals surface area contributed by atoms with Crippen molar-refractivity contribution in [2.24, 2.45) is 42.3 Å². The maximum absolute atomic E-state index is 6.13. The van der Waals surface area contributed by atoms with Gasteiger partial charge in [0.25, 0.3) is 0 Å². The molecule has 29 nitrogen and oxygen atoms in total. The molecule has 0 saturated carbocycles. The first-order valence-corrected chi connectivity index (χ1v) is 47.2. The van der Waals surface area contributed by atoms with E-state index in [9.17, 15) is 0 Å². The molecule has 0 aliphatic rings. The lowest BCUT2D eigenvalue weighted by Crippen LogP contribution is -1.88. The molecule has 0 saturated heterocycles. The first kappa shape index (κ1) is 79.1. The number of fused-ring (bicyclic) bond motifs is 52. The molecule has 0 fully saturated rings. The van der Waals surface area contributed by atoms with Crippen LogP contribution in [0.3, 0.4) is 0 Å². The van der Waals surface area contributed by atoms with Gasteiger partial charge in [0.2, 0.25) is 63.2 Å². The molecule has 0 amide bonds. The number of rotatable bonds is 0. The van der Waals surface area contributed by atoms with Gasteiger partial charge in [0.1, 0.15) is 38.9 Å². The van der Waals surface area contributed by atoms with Crippen molar-refractivity contribution in [3.05, 3.63) is 334 Å². The van der Waals surface area contributed by atoms with Gasteiger partial charge in [-0.3, -0.25) is 26.4 Å². The minimum absolute atomic E-state index is 0.668.